The number of hydrogen-bond donors (Lipinski definition) is 1. The second-order valence-corrected chi connectivity index (χ2v) is 7.46. The maximum atomic E-state index is 13.3. The summed E-state index contributed by atoms with van der Waals surface area (Å²) in [5, 5.41) is 2.92. The van der Waals surface area contributed by atoms with E-state index in [2.05, 4.69) is 11.9 Å². The third kappa shape index (κ3) is 3.48. The fraction of sp³-hybridized carbons (Fsp3) is 0.476. The number of nitrogens with one attached hydrogen (secondary N) is 1. The Balaban J connectivity index is 1.87. The molecule has 1 aliphatic carbocycles. The van der Waals surface area contributed by atoms with E-state index in [1.54, 1.807) is 4.90 Å². The minimum Gasteiger partial charge on any atom is -0.337 e. The van der Waals surface area contributed by atoms with Gasteiger partial charge in [0.15, 0.2) is 0 Å². The van der Waals surface area contributed by atoms with Gasteiger partial charge in [0.25, 0.3) is 5.91 Å². The number of fused-ring (bicyclic) bond motifs is 2. The van der Waals surface area contributed by atoms with Gasteiger partial charge >= 0.3 is 6.03 Å². The summed E-state index contributed by atoms with van der Waals surface area (Å²) in [6, 6.07) is 7.30. The summed E-state index contributed by atoms with van der Waals surface area (Å²) in [4.78, 5) is 41.3. The minimum absolute atomic E-state index is 0.240. The molecule has 1 aliphatic heterocycles. The summed E-state index contributed by atoms with van der Waals surface area (Å²) < 4.78 is 0. The van der Waals surface area contributed by atoms with Crippen molar-refractivity contribution in [3.05, 3.63) is 47.5 Å². The van der Waals surface area contributed by atoms with Gasteiger partial charge in [-0.2, -0.15) is 0 Å². The lowest BCUT2D eigenvalue weighted by Crippen LogP contribution is -2.46. The highest BCUT2D eigenvalue weighted by Gasteiger charge is 2.53. The Morgan fingerprint density at radius 3 is 2.74 bits per heavy atom. The van der Waals surface area contributed by atoms with Crippen molar-refractivity contribution in [2.75, 3.05) is 19.6 Å². The molecule has 1 spiro atoms. The summed E-state index contributed by atoms with van der Waals surface area (Å²) in [5.74, 6) is -0.565. The number of urea groups is 1. The van der Waals surface area contributed by atoms with E-state index in [1.165, 1.54) is 0 Å². The molecule has 6 heteroatoms. The zero-order chi connectivity index (χ0) is 19.6. The second kappa shape index (κ2) is 7.55. The number of benzene rings is 1. The number of amides is 4. The van der Waals surface area contributed by atoms with Crippen molar-refractivity contribution in [1.82, 2.24) is 15.1 Å². The predicted molar refractivity (Wildman–Crippen MR) is 103 cm³/mol. The quantitative estimate of drug-likeness (QED) is 0.641. The van der Waals surface area contributed by atoms with Crippen molar-refractivity contribution >= 4 is 17.8 Å². The maximum absolute atomic E-state index is 13.3. The highest BCUT2D eigenvalue weighted by Crippen LogP contribution is 2.38. The molecule has 1 aromatic carbocycles. The van der Waals surface area contributed by atoms with Gasteiger partial charge in [0.2, 0.25) is 5.91 Å². The fourth-order valence-electron chi connectivity index (χ4n) is 4.05. The van der Waals surface area contributed by atoms with Crippen molar-refractivity contribution < 1.29 is 14.4 Å². The molecule has 2 aliphatic rings. The Hall–Kier alpha value is -2.63. The molecule has 0 aromatic heterocycles. The van der Waals surface area contributed by atoms with Gasteiger partial charge in [-0.05, 0) is 50.7 Å². The lowest BCUT2D eigenvalue weighted by molar-refractivity contribution is -0.139. The Kier molecular flexibility index (Phi) is 5.35. The molecule has 1 aromatic rings. The number of carbonyl (C=O) groups excluding carboxylic acids is 3. The topological polar surface area (TPSA) is 69.7 Å². The van der Waals surface area contributed by atoms with Crippen molar-refractivity contribution in [1.29, 1.82) is 0 Å². The van der Waals surface area contributed by atoms with Gasteiger partial charge in [-0.3, -0.25) is 14.5 Å². The molecule has 3 rings (SSSR count). The van der Waals surface area contributed by atoms with Gasteiger partial charge in [0.05, 0.1) is 0 Å². The zero-order valence-electron chi connectivity index (χ0n) is 16.1. The summed E-state index contributed by atoms with van der Waals surface area (Å²) in [6.07, 6.45) is 3.27. The lowest BCUT2D eigenvalue weighted by atomic mass is 9.84. The maximum Gasteiger partial charge on any atom is 0.325 e. The third-order valence-corrected chi connectivity index (χ3v) is 5.39. The van der Waals surface area contributed by atoms with E-state index in [9.17, 15) is 14.4 Å². The van der Waals surface area contributed by atoms with Crippen LogP contribution in [0, 0.1) is 0 Å². The largest absolute Gasteiger partial charge is 0.337 e. The fourth-order valence-corrected chi connectivity index (χ4v) is 4.05. The van der Waals surface area contributed by atoms with Gasteiger partial charge in [-0.1, -0.05) is 36.4 Å². The molecule has 144 valence electrons. The summed E-state index contributed by atoms with van der Waals surface area (Å²) in [7, 11) is 0. The van der Waals surface area contributed by atoms with Crippen LogP contribution in [0.25, 0.3) is 0 Å². The smallest absolute Gasteiger partial charge is 0.325 e. The Morgan fingerprint density at radius 2 is 2.04 bits per heavy atom. The number of likely N-dealkylation sites (N-methyl/N-ethyl adjacent to an activating group) is 1. The van der Waals surface area contributed by atoms with Crippen LogP contribution in [0.15, 0.2) is 36.4 Å². The number of hydrogen-bond acceptors (Lipinski definition) is 3. The van der Waals surface area contributed by atoms with Gasteiger partial charge in [-0.25, -0.2) is 4.79 Å². The minimum atomic E-state index is -1.05. The number of aryl methyl sites for hydroxylation is 1. The third-order valence-electron chi connectivity index (χ3n) is 5.39. The predicted octanol–water partition coefficient (Wildman–Crippen LogP) is 2.58. The van der Waals surface area contributed by atoms with Gasteiger partial charge in [0, 0.05) is 13.1 Å². The Labute approximate surface area is 160 Å². The van der Waals surface area contributed by atoms with Gasteiger partial charge < -0.3 is 10.2 Å². The van der Waals surface area contributed by atoms with Crippen LogP contribution in [0.2, 0.25) is 0 Å². The standard InChI is InChI=1S/C21H27N3O3/c1-4-23(13-15(2)3)18(25)14-24-19(26)21(22-20(24)27)12-8-7-10-16-9-5-6-11-17(16)21/h5-6,9,11H,2,4,7-8,10,12-14H2,1,3H3,(H,22,27)/t21-/m0/s1. The van der Waals surface area contributed by atoms with Gasteiger partial charge in [0.1, 0.15) is 12.1 Å². The molecule has 0 unspecified atom stereocenters. The highest BCUT2D eigenvalue weighted by molar-refractivity contribution is 6.09. The molecule has 27 heavy (non-hydrogen) atoms. The van der Waals surface area contributed by atoms with Crippen molar-refractivity contribution in [2.24, 2.45) is 0 Å². The van der Waals surface area contributed by atoms with E-state index in [0.29, 0.717) is 19.5 Å². The van der Waals surface area contributed by atoms with Crippen LogP contribution in [0.5, 0.6) is 0 Å². The molecular weight excluding hydrogens is 342 g/mol. The van der Waals surface area contributed by atoms with Crippen LogP contribution in [0.3, 0.4) is 0 Å². The van der Waals surface area contributed by atoms with E-state index >= 15 is 0 Å². The number of rotatable bonds is 5. The first kappa shape index (κ1) is 19.1. The molecule has 0 radical (unpaired) electrons. The molecule has 1 saturated heterocycles. The summed E-state index contributed by atoms with van der Waals surface area (Å²) in [5.41, 5.74) is 1.77. The zero-order valence-corrected chi connectivity index (χ0v) is 16.1. The van der Waals surface area contributed by atoms with E-state index in [0.717, 1.165) is 40.9 Å². The average Bonchev–Trinajstić information content (AvgIpc) is 2.79. The molecule has 1 atom stereocenters. The van der Waals surface area contributed by atoms with E-state index in [-0.39, 0.29) is 18.4 Å². The van der Waals surface area contributed by atoms with E-state index in [1.807, 2.05) is 38.1 Å². The first-order valence-corrected chi connectivity index (χ1v) is 9.53. The van der Waals surface area contributed by atoms with E-state index in [4.69, 9.17) is 0 Å². The molecule has 1 fully saturated rings. The Morgan fingerprint density at radius 1 is 1.30 bits per heavy atom. The molecule has 0 saturated carbocycles. The normalized spacial score (nSPS) is 21.6. The first-order valence-electron chi connectivity index (χ1n) is 9.53. The number of carbonyl (C=O) groups is 3. The SMILES string of the molecule is C=C(C)CN(CC)C(=O)CN1C(=O)N[C@]2(CCCCc3ccccc32)C1=O. The molecule has 0 bridgehead atoms. The van der Waals surface area contributed by atoms with Crippen LogP contribution in [0.4, 0.5) is 4.79 Å². The van der Waals surface area contributed by atoms with Crippen LogP contribution < -0.4 is 5.32 Å². The molecular formula is C21H27N3O3. The lowest BCUT2D eigenvalue weighted by Gasteiger charge is -2.28. The van der Waals surface area contributed by atoms with Gasteiger partial charge in [-0.15, -0.1) is 0 Å². The molecule has 6 nitrogen and oxygen atoms in total. The number of nitrogens with zero attached hydrogens (tertiary/aromatic N) is 2. The van der Waals surface area contributed by atoms with Crippen LogP contribution in [0.1, 0.15) is 44.2 Å². The molecule has 4 amide bonds. The summed E-state index contributed by atoms with van der Waals surface area (Å²) >= 11 is 0. The average molecular weight is 369 g/mol. The summed E-state index contributed by atoms with van der Waals surface area (Å²) in [6.45, 7) is 8.24. The Bertz CT molecular complexity index is 789. The van der Waals surface area contributed by atoms with Crippen LogP contribution in [-0.2, 0) is 21.5 Å². The first-order chi connectivity index (χ1) is 12.9. The second-order valence-electron chi connectivity index (χ2n) is 7.46. The molecule has 1 heterocycles. The van der Waals surface area contributed by atoms with Crippen LogP contribution in [-0.4, -0.2) is 47.3 Å². The van der Waals surface area contributed by atoms with Crippen molar-refractivity contribution in [2.45, 2.75) is 45.1 Å². The monoisotopic (exact) mass is 369 g/mol. The molecule has 1 N–H and O–H groups in total. The van der Waals surface area contributed by atoms with E-state index < -0.39 is 11.6 Å². The number of imide groups is 1. The van der Waals surface area contributed by atoms with Crippen molar-refractivity contribution in [3.63, 3.8) is 0 Å². The highest BCUT2D eigenvalue weighted by atomic mass is 16.2. The van der Waals surface area contributed by atoms with Crippen molar-refractivity contribution in [3.8, 4) is 0 Å². The van der Waals surface area contributed by atoms with Crippen LogP contribution >= 0.6 is 0 Å².